The minimum absolute atomic E-state index is 0.00991. The Labute approximate surface area is 114 Å². The lowest BCUT2D eigenvalue weighted by Crippen LogP contribution is -2.24. The van der Waals surface area contributed by atoms with Crippen LogP contribution in [0.1, 0.15) is 12.7 Å². The molecule has 0 fully saturated rings. The van der Waals surface area contributed by atoms with Gasteiger partial charge in [0.05, 0.1) is 16.6 Å². The van der Waals surface area contributed by atoms with Crippen molar-refractivity contribution >= 4 is 5.69 Å². The second-order valence-corrected chi connectivity index (χ2v) is 4.33. The van der Waals surface area contributed by atoms with E-state index >= 15 is 0 Å². The predicted molar refractivity (Wildman–Crippen MR) is 68.6 cm³/mol. The van der Waals surface area contributed by atoms with Crippen LogP contribution in [0.2, 0.25) is 0 Å². The van der Waals surface area contributed by atoms with Gasteiger partial charge in [-0.25, -0.2) is 4.39 Å². The topological polar surface area (TPSA) is 94.1 Å². The van der Waals surface area contributed by atoms with E-state index in [1.807, 2.05) is 14.0 Å². The number of non-ortho nitro benzene ring substituents is 1. The number of aromatic nitrogens is 2. The van der Waals surface area contributed by atoms with Crippen molar-refractivity contribution in [3.63, 3.8) is 0 Å². The zero-order valence-corrected chi connectivity index (χ0v) is 11.0. The first-order chi connectivity index (χ1) is 9.51. The molecular weight excluding hydrogens is 267 g/mol. The molecule has 106 valence electrons. The Hall–Kier alpha value is -2.35. The molecular formula is C12H13FN4O3. The largest absolute Gasteiger partial charge is 0.334 e. The van der Waals surface area contributed by atoms with E-state index in [1.54, 1.807) is 0 Å². The smallest absolute Gasteiger partial charge is 0.272 e. The van der Waals surface area contributed by atoms with Crippen molar-refractivity contribution in [2.75, 3.05) is 7.05 Å². The van der Waals surface area contributed by atoms with E-state index in [0.29, 0.717) is 12.2 Å². The first kappa shape index (κ1) is 14.1. The number of rotatable bonds is 5. The molecule has 0 radical (unpaired) electrons. The van der Waals surface area contributed by atoms with Crippen molar-refractivity contribution in [2.24, 2.45) is 0 Å². The molecule has 0 spiro atoms. The highest BCUT2D eigenvalue weighted by Gasteiger charge is 2.17. The van der Waals surface area contributed by atoms with Crippen LogP contribution in [-0.2, 0) is 6.42 Å². The number of benzene rings is 1. The summed E-state index contributed by atoms with van der Waals surface area (Å²) in [5, 5.41) is 17.3. The summed E-state index contributed by atoms with van der Waals surface area (Å²) in [6, 6.07) is 3.43. The Morgan fingerprint density at radius 1 is 1.55 bits per heavy atom. The SMILES string of the molecule is CNC(C)Cc1noc(-c2ccc([N+](=O)[O-])cc2F)n1. The average molecular weight is 280 g/mol. The summed E-state index contributed by atoms with van der Waals surface area (Å²) in [6.45, 7) is 1.95. The Bertz CT molecular complexity index is 629. The molecule has 1 atom stereocenters. The highest BCUT2D eigenvalue weighted by atomic mass is 19.1. The maximum atomic E-state index is 13.8. The molecule has 1 aromatic carbocycles. The van der Waals surface area contributed by atoms with Crippen molar-refractivity contribution in [3.8, 4) is 11.5 Å². The van der Waals surface area contributed by atoms with Gasteiger partial charge in [0.15, 0.2) is 5.82 Å². The molecule has 2 aromatic rings. The van der Waals surface area contributed by atoms with Gasteiger partial charge in [0.25, 0.3) is 11.6 Å². The summed E-state index contributed by atoms with van der Waals surface area (Å²) in [6.07, 6.45) is 0.536. The third kappa shape index (κ3) is 2.97. The van der Waals surface area contributed by atoms with Crippen molar-refractivity contribution in [1.82, 2.24) is 15.5 Å². The summed E-state index contributed by atoms with van der Waals surface area (Å²) >= 11 is 0. The van der Waals surface area contributed by atoms with Crippen LogP contribution in [0.4, 0.5) is 10.1 Å². The number of likely N-dealkylation sites (N-methyl/N-ethyl adjacent to an activating group) is 1. The number of nitrogens with one attached hydrogen (secondary N) is 1. The summed E-state index contributed by atoms with van der Waals surface area (Å²) in [7, 11) is 1.81. The molecule has 0 amide bonds. The van der Waals surface area contributed by atoms with Gasteiger partial charge in [-0.1, -0.05) is 5.16 Å². The molecule has 0 saturated heterocycles. The Balaban J connectivity index is 2.26. The van der Waals surface area contributed by atoms with E-state index in [0.717, 1.165) is 6.07 Å². The van der Waals surface area contributed by atoms with Crippen molar-refractivity contribution in [2.45, 2.75) is 19.4 Å². The number of halogens is 1. The van der Waals surface area contributed by atoms with Gasteiger partial charge in [-0.3, -0.25) is 10.1 Å². The maximum Gasteiger partial charge on any atom is 0.272 e. The average Bonchev–Trinajstić information content (AvgIpc) is 2.86. The van der Waals surface area contributed by atoms with Gasteiger partial charge in [0, 0.05) is 18.5 Å². The Morgan fingerprint density at radius 2 is 2.30 bits per heavy atom. The zero-order chi connectivity index (χ0) is 14.7. The molecule has 0 bridgehead atoms. The lowest BCUT2D eigenvalue weighted by Gasteiger charge is -2.04. The first-order valence-corrected chi connectivity index (χ1v) is 5.95. The number of nitrogens with zero attached hydrogens (tertiary/aromatic N) is 3. The van der Waals surface area contributed by atoms with Crippen LogP contribution in [0.3, 0.4) is 0 Å². The minimum Gasteiger partial charge on any atom is -0.334 e. The number of nitro benzene ring substituents is 1. The van der Waals surface area contributed by atoms with E-state index in [2.05, 4.69) is 15.5 Å². The molecule has 0 aliphatic carbocycles. The van der Waals surface area contributed by atoms with Gasteiger partial charge in [0.1, 0.15) is 5.82 Å². The number of hydrogen-bond acceptors (Lipinski definition) is 6. The van der Waals surface area contributed by atoms with Gasteiger partial charge in [0.2, 0.25) is 0 Å². The second kappa shape index (κ2) is 5.74. The van der Waals surface area contributed by atoms with E-state index in [1.165, 1.54) is 12.1 Å². The van der Waals surface area contributed by atoms with Gasteiger partial charge >= 0.3 is 0 Å². The predicted octanol–water partition coefficient (Wildman–Crippen LogP) is 1.93. The Kier molecular flexibility index (Phi) is 4.04. The van der Waals surface area contributed by atoms with Gasteiger partial charge in [-0.05, 0) is 20.0 Å². The third-order valence-electron chi connectivity index (χ3n) is 2.84. The minimum atomic E-state index is -0.768. The summed E-state index contributed by atoms with van der Waals surface area (Å²) in [5.41, 5.74) is -0.277. The summed E-state index contributed by atoms with van der Waals surface area (Å²) < 4.78 is 18.8. The van der Waals surface area contributed by atoms with Crippen LogP contribution in [0, 0.1) is 15.9 Å². The van der Waals surface area contributed by atoms with Gasteiger partial charge < -0.3 is 9.84 Å². The second-order valence-electron chi connectivity index (χ2n) is 4.33. The van der Waals surface area contributed by atoms with Crippen molar-refractivity contribution in [1.29, 1.82) is 0 Å². The highest BCUT2D eigenvalue weighted by Crippen LogP contribution is 2.25. The van der Waals surface area contributed by atoms with Crippen molar-refractivity contribution < 1.29 is 13.8 Å². The van der Waals surface area contributed by atoms with E-state index in [4.69, 9.17) is 4.52 Å². The third-order valence-corrected chi connectivity index (χ3v) is 2.84. The normalized spacial score (nSPS) is 12.3. The molecule has 1 N–H and O–H groups in total. The highest BCUT2D eigenvalue weighted by molar-refractivity contribution is 5.56. The lowest BCUT2D eigenvalue weighted by molar-refractivity contribution is -0.385. The quantitative estimate of drug-likeness (QED) is 0.664. The van der Waals surface area contributed by atoms with Crippen LogP contribution in [-0.4, -0.2) is 28.2 Å². The monoisotopic (exact) mass is 280 g/mol. The molecule has 1 unspecified atom stereocenters. The summed E-state index contributed by atoms with van der Waals surface area (Å²) in [4.78, 5) is 14.0. The lowest BCUT2D eigenvalue weighted by atomic mass is 10.2. The summed E-state index contributed by atoms with van der Waals surface area (Å²) in [5.74, 6) is -0.314. The zero-order valence-electron chi connectivity index (χ0n) is 11.0. The van der Waals surface area contributed by atoms with E-state index < -0.39 is 10.7 Å². The molecule has 1 heterocycles. The maximum absolute atomic E-state index is 13.8. The van der Waals surface area contributed by atoms with Crippen LogP contribution in [0.15, 0.2) is 22.7 Å². The standard InChI is InChI=1S/C12H13FN4O3/c1-7(14-2)5-11-15-12(20-16-11)9-4-3-8(17(18)19)6-10(9)13/h3-4,6-7,14H,5H2,1-2H3. The fourth-order valence-electron chi connectivity index (χ4n) is 1.61. The Morgan fingerprint density at radius 3 is 2.90 bits per heavy atom. The molecule has 8 heteroatoms. The molecule has 0 saturated carbocycles. The van der Waals surface area contributed by atoms with Crippen molar-refractivity contribution in [3.05, 3.63) is 40.0 Å². The van der Waals surface area contributed by atoms with Crippen LogP contribution >= 0.6 is 0 Å². The van der Waals surface area contributed by atoms with Gasteiger partial charge in [-0.2, -0.15) is 4.98 Å². The number of hydrogen-bond donors (Lipinski definition) is 1. The molecule has 1 aromatic heterocycles. The van der Waals surface area contributed by atoms with Crippen LogP contribution in [0.25, 0.3) is 11.5 Å². The van der Waals surface area contributed by atoms with Gasteiger partial charge in [-0.15, -0.1) is 0 Å². The fourth-order valence-corrected chi connectivity index (χ4v) is 1.61. The van der Waals surface area contributed by atoms with Crippen LogP contribution < -0.4 is 5.32 Å². The fraction of sp³-hybridized carbons (Fsp3) is 0.333. The molecule has 2 rings (SSSR count). The first-order valence-electron chi connectivity index (χ1n) is 5.95. The van der Waals surface area contributed by atoms with E-state index in [-0.39, 0.29) is 23.2 Å². The van der Waals surface area contributed by atoms with Crippen LogP contribution in [0.5, 0.6) is 0 Å². The molecule has 7 nitrogen and oxygen atoms in total. The molecule has 0 aliphatic heterocycles. The van der Waals surface area contributed by atoms with E-state index in [9.17, 15) is 14.5 Å². The molecule has 0 aliphatic rings. The number of nitro groups is 1. The molecule has 20 heavy (non-hydrogen) atoms.